The number of hydrogen-bond acceptors (Lipinski definition) is 4. The van der Waals surface area contributed by atoms with Gasteiger partial charge in [0, 0.05) is 46.4 Å². The first-order valence-electron chi connectivity index (χ1n) is 8.31. The molecule has 7 heteroatoms. The summed E-state index contributed by atoms with van der Waals surface area (Å²) in [7, 11) is 1.98. The zero-order chi connectivity index (χ0) is 18.5. The van der Waals surface area contributed by atoms with Crippen LogP contribution in [0.2, 0.25) is 5.02 Å². The topological polar surface area (TPSA) is 52.2 Å². The highest BCUT2D eigenvalue weighted by atomic mass is 35.5. The van der Waals surface area contributed by atoms with Gasteiger partial charge in [-0.05, 0) is 18.2 Å². The Hall–Kier alpha value is -2.96. The lowest BCUT2D eigenvalue weighted by Gasteiger charge is -1.99. The van der Waals surface area contributed by atoms with Crippen LogP contribution in [0, 0.1) is 0 Å². The maximum Gasteiger partial charge on any atom is 0.275 e. The highest BCUT2D eigenvalue weighted by molar-refractivity contribution is 7.19. The lowest BCUT2D eigenvalue weighted by Crippen LogP contribution is -2.14. The molecule has 5 nitrogen and oxygen atoms in total. The molecule has 5 rings (SSSR count). The van der Waals surface area contributed by atoms with E-state index in [-0.39, 0.29) is 5.56 Å². The van der Waals surface area contributed by atoms with Crippen molar-refractivity contribution in [2.75, 3.05) is 0 Å². The van der Waals surface area contributed by atoms with Crippen LogP contribution >= 0.6 is 22.9 Å². The second-order valence-corrected chi connectivity index (χ2v) is 7.65. The Labute approximate surface area is 163 Å². The quantitative estimate of drug-likeness (QED) is 0.440. The fourth-order valence-corrected chi connectivity index (χ4v) is 4.31. The lowest BCUT2D eigenvalue weighted by atomic mass is 10.1. The summed E-state index contributed by atoms with van der Waals surface area (Å²) < 4.78 is 3.38. The average molecular weight is 393 g/mol. The Morgan fingerprint density at radius 1 is 1.07 bits per heavy atom. The van der Waals surface area contributed by atoms with Gasteiger partial charge in [0.05, 0.1) is 5.69 Å². The molecule has 132 valence electrons. The zero-order valence-corrected chi connectivity index (χ0v) is 15.8. The fourth-order valence-electron chi connectivity index (χ4n) is 3.21. The van der Waals surface area contributed by atoms with Crippen molar-refractivity contribution in [1.29, 1.82) is 0 Å². The number of aryl methyl sites for hydroxylation is 1. The van der Waals surface area contributed by atoms with Gasteiger partial charge in [-0.25, -0.2) is 4.98 Å². The van der Waals surface area contributed by atoms with Crippen LogP contribution in [0.25, 0.3) is 37.7 Å². The molecule has 0 unspecified atom stereocenters. The third-order valence-corrected chi connectivity index (χ3v) is 5.67. The first-order valence-corrected chi connectivity index (χ1v) is 9.51. The van der Waals surface area contributed by atoms with Crippen molar-refractivity contribution < 1.29 is 0 Å². The number of fused-ring (bicyclic) bond motifs is 2. The van der Waals surface area contributed by atoms with Gasteiger partial charge in [-0.15, -0.1) is 0 Å². The second-order valence-electron chi connectivity index (χ2n) is 6.26. The van der Waals surface area contributed by atoms with Crippen LogP contribution in [0.1, 0.15) is 0 Å². The predicted molar refractivity (Wildman–Crippen MR) is 109 cm³/mol. The molecule has 0 spiro atoms. The van der Waals surface area contributed by atoms with Gasteiger partial charge in [-0.1, -0.05) is 53.3 Å². The summed E-state index contributed by atoms with van der Waals surface area (Å²) in [5.41, 5.74) is 3.35. The van der Waals surface area contributed by atoms with Crippen LogP contribution in [-0.2, 0) is 7.05 Å². The molecular weight excluding hydrogens is 380 g/mol. The largest absolute Gasteiger partial charge is 0.350 e. The molecule has 0 aliphatic rings. The molecule has 0 aliphatic heterocycles. The van der Waals surface area contributed by atoms with Crippen LogP contribution in [-0.4, -0.2) is 19.2 Å². The third kappa shape index (κ3) is 2.65. The fraction of sp³-hybridized carbons (Fsp3) is 0.0500. The van der Waals surface area contributed by atoms with Gasteiger partial charge < -0.3 is 4.57 Å². The molecule has 0 aliphatic carbocycles. The first-order chi connectivity index (χ1) is 13.1. The summed E-state index contributed by atoms with van der Waals surface area (Å²) in [6.45, 7) is 0. The molecular formula is C20H13ClN4OS. The number of benzene rings is 2. The van der Waals surface area contributed by atoms with E-state index in [1.54, 1.807) is 0 Å². The van der Waals surface area contributed by atoms with Crippen LogP contribution < -0.4 is 5.56 Å². The molecule has 2 aromatic carbocycles. The molecule has 0 N–H and O–H groups in total. The van der Waals surface area contributed by atoms with E-state index >= 15 is 0 Å². The number of aromatic nitrogens is 4. The number of hydrogen-bond donors (Lipinski definition) is 0. The van der Waals surface area contributed by atoms with Crippen molar-refractivity contribution in [3.8, 4) is 21.8 Å². The minimum atomic E-state index is -0.195. The molecule has 27 heavy (non-hydrogen) atoms. The maximum absolute atomic E-state index is 12.6. The lowest BCUT2D eigenvalue weighted by molar-refractivity contribution is 0.904. The molecule has 3 heterocycles. The maximum atomic E-state index is 12.6. The van der Waals surface area contributed by atoms with Gasteiger partial charge in [-0.2, -0.15) is 9.61 Å². The van der Waals surface area contributed by atoms with E-state index in [0.29, 0.717) is 15.7 Å². The van der Waals surface area contributed by atoms with Crippen molar-refractivity contribution in [1.82, 2.24) is 19.2 Å². The van der Waals surface area contributed by atoms with Crippen LogP contribution in [0.4, 0.5) is 0 Å². The first kappa shape index (κ1) is 16.2. The van der Waals surface area contributed by atoms with E-state index in [0.717, 1.165) is 27.0 Å². The van der Waals surface area contributed by atoms with E-state index in [2.05, 4.69) is 10.1 Å². The monoisotopic (exact) mass is 392 g/mol. The Bertz CT molecular complexity index is 1370. The molecule has 0 fully saturated rings. The van der Waals surface area contributed by atoms with Gasteiger partial charge in [0.2, 0.25) is 4.96 Å². The van der Waals surface area contributed by atoms with E-state index in [9.17, 15) is 4.79 Å². The van der Waals surface area contributed by atoms with E-state index < -0.39 is 0 Å². The molecule has 5 aromatic rings. The standard InChI is InChI=1S/C20H13ClN4OS/c1-24-11-15(14-9-13(21)7-8-17(14)24)19-23-25-18(26)10-16(22-20(25)27-19)12-5-3-2-4-6-12/h2-11H,1H3. The number of nitrogens with zero attached hydrogens (tertiary/aromatic N) is 4. The highest BCUT2D eigenvalue weighted by Crippen LogP contribution is 2.34. The van der Waals surface area contributed by atoms with Crippen molar-refractivity contribution >= 4 is 38.8 Å². The van der Waals surface area contributed by atoms with Crippen molar-refractivity contribution in [2.24, 2.45) is 7.05 Å². The minimum Gasteiger partial charge on any atom is -0.350 e. The summed E-state index contributed by atoms with van der Waals surface area (Å²) in [6.07, 6.45) is 2.00. The molecule has 0 amide bonds. The Morgan fingerprint density at radius 2 is 1.89 bits per heavy atom. The Morgan fingerprint density at radius 3 is 2.70 bits per heavy atom. The summed E-state index contributed by atoms with van der Waals surface area (Å²) in [4.78, 5) is 17.8. The Balaban J connectivity index is 1.73. The van der Waals surface area contributed by atoms with E-state index in [1.807, 2.05) is 66.3 Å². The third-order valence-electron chi connectivity index (χ3n) is 4.50. The van der Waals surface area contributed by atoms with Crippen LogP contribution in [0.3, 0.4) is 0 Å². The number of rotatable bonds is 2. The number of halogens is 1. The molecule has 0 radical (unpaired) electrons. The molecule has 0 atom stereocenters. The van der Waals surface area contributed by atoms with Crippen LogP contribution in [0.15, 0.2) is 65.6 Å². The van der Waals surface area contributed by atoms with Crippen LogP contribution in [0.5, 0.6) is 0 Å². The van der Waals surface area contributed by atoms with Gasteiger partial charge in [0.25, 0.3) is 5.56 Å². The normalized spacial score (nSPS) is 11.5. The summed E-state index contributed by atoms with van der Waals surface area (Å²) in [5.74, 6) is 0. The molecule has 0 bridgehead atoms. The van der Waals surface area contributed by atoms with Gasteiger partial charge >= 0.3 is 0 Å². The zero-order valence-electron chi connectivity index (χ0n) is 14.3. The van der Waals surface area contributed by atoms with Crippen molar-refractivity contribution in [2.45, 2.75) is 0 Å². The second kappa shape index (κ2) is 6.04. The summed E-state index contributed by atoms with van der Waals surface area (Å²) in [5, 5.41) is 6.91. The molecule has 0 saturated heterocycles. The van der Waals surface area contributed by atoms with Gasteiger partial charge in [0.15, 0.2) is 0 Å². The molecule has 3 aromatic heterocycles. The summed E-state index contributed by atoms with van der Waals surface area (Å²) in [6, 6.07) is 16.9. The van der Waals surface area contributed by atoms with E-state index in [4.69, 9.17) is 11.6 Å². The predicted octanol–water partition coefficient (Wildman–Crippen LogP) is 4.63. The SMILES string of the molecule is Cn1cc(-c2nn3c(=O)cc(-c4ccccc4)nc3s2)c2cc(Cl)ccc21. The smallest absolute Gasteiger partial charge is 0.275 e. The molecule has 0 saturated carbocycles. The van der Waals surface area contributed by atoms with Crippen molar-refractivity contribution in [3.63, 3.8) is 0 Å². The van der Waals surface area contributed by atoms with Gasteiger partial charge in [-0.3, -0.25) is 4.79 Å². The average Bonchev–Trinajstić information content (AvgIpc) is 3.24. The highest BCUT2D eigenvalue weighted by Gasteiger charge is 2.16. The van der Waals surface area contributed by atoms with Crippen molar-refractivity contribution in [3.05, 3.63) is 76.2 Å². The van der Waals surface area contributed by atoms with Gasteiger partial charge in [0.1, 0.15) is 5.01 Å². The Kier molecular flexibility index (Phi) is 3.63. The minimum absolute atomic E-state index is 0.195. The summed E-state index contributed by atoms with van der Waals surface area (Å²) >= 11 is 7.58. The van der Waals surface area contributed by atoms with E-state index in [1.165, 1.54) is 21.9 Å².